The zero-order valence-electron chi connectivity index (χ0n) is 13.5. The maximum Gasteiger partial charge on any atom is 0.180 e. The summed E-state index contributed by atoms with van der Waals surface area (Å²) in [7, 11) is 0. The molecule has 0 aliphatic heterocycles. The van der Waals surface area contributed by atoms with Crippen LogP contribution in [0.25, 0.3) is 22.8 Å². The minimum absolute atomic E-state index is 0.598. The lowest BCUT2D eigenvalue weighted by atomic mass is 10.1. The van der Waals surface area contributed by atoms with Gasteiger partial charge in [0.1, 0.15) is 11.5 Å². The Hall–Kier alpha value is -3.53. The SMILES string of the molecule is c1ccc(Nc2cc(-c3ccccc3)nc(-c3ccccn3)n2)cc1. The Bertz CT molecular complexity index is 897. The molecule has 0 amide bonds. The Morgan fingerprint density at radius 1 is 0.640 bits per heavy atom. The topological polar surface area (TPSA) is 50.7 Å². The van der Waals surface area contributed by atoms with E-state index in [1.54, 1.807) is 6.20 Å². The Kier molecular flexibility index (Phi) is 4.16. The average Bonchev–Trinajstić information content (AvgIpc) is 2.70. The van der Waals surface area contributed by atoms with Gasteiger partial charge in [0.05, 0.1) is 5.69 Å². The maximum atomic E-state index is 4.70. The molecule has 4 nitrogen and oxygen atoms in total. The Balaban J connectivity index is 1.80. The van der Waals surface area contributed by atoms with E-state index in [2.05, 4.69) is 15.3 Å². The molecule has 2 aromatic heterocycles. The van der Waals surface area contributed by atoms with E-state index in [1.807, 2.05) is 84.9 Å². The lowest BCUT2D eigenvalue weighted by Crippen LogP contribution is -2.00. The predicted molar refractivity (Wildman–Crippen MR) is 100 cm³/mol. The normalized spacial score (nSPS) is 10.4. The van der Waals surface area contributed by atoms with Crippen molar-refractivity contribution in [2.75, 3.05) is 5.32 Å². The molecular formula is C21H16N4. The van der Waals surface area contributed by atoms with Gasteiger partial charge in [-0.1, -0.05) is 54.6 Å². The molecule has 2 aromatic carbocycles. The smallest absolute Gasteiger partial charge is 0.180 e. The first-order valence-electron chi connectivity index (χ1n) is 8.06. The number of anilines is 2. The van der Waals surface area contributed by atoms with Gasteiger partial charge in [-0.05, 0) is 24.3 Å². The van der Waals surface area contributed by atoms with Crippen LogP contribution in [0.15, 0.2) is 91.1 Å². The van der Waals surface area contributed by atoms with E-state index in [0.29, 0.717) is 5.82 Å². The van der Waals surface area contributed by atoms with Crippen molar-refractivity contribution in [2.45, 2.75) is 0 Å². The number of aromatic nitrogens is 3. The van der Waals surface area contributed by atoms with E-state index in [4.69, 9.17) is 4.98 Å². The number of benzene rings is 2. The number of pyridine rings is 1. The van der Waals surface area contributed by atoms with E-state index in [-0.39, 0.29) is 0 Å². The molecule has 4 aromatic rings. The fourth-order valence-corrected chi connectivity index (χ4v) is 2.55. The molecule has 0 aliphatic rings. The van der Waals surface area contributed by atoms with Gasteiger partial charge >= 0.3 is 0 Å². The second-order valence-electron chi connectivity index (χ2n) is 5.53. The molecule has 0 unspecified atom stereocenters. The van der Waals surface area contributed by atoms with Crippen LogP contribution < -0.4 is 5.32 Å². The van der Waals surface area contributed by atoms with Crippen molar-refractivity contribution in [1.82, 2.24) is 15.0 Å². The minimum atomic E-state index is 0.598. The number of hydrogen-bond donors (Lipinski definition) is 1. The third-order valence-corrected chi connectivity index (χ3v) is 3.74. The molecule has 0 atom stereocenters. The first kappa shape index (κ1) is 15.0. The number of nitrogens with one attached hydrogen (secondary N) is 1. The molecule has 25 heavy (non-hydrogen) atoms. The van der Waals surface area contributed by atoms with Crippen LogP contribution in [0.2, 0.25) is 0 Å². The molecule has 0 bridgehead atoms. The van der Waals surface area contributed by atoms with Gasteiger partial charge in [0, 0.05) is 23.5 Å². The van der Waals surface area contributed by atoms with Crippen LogP contribution >= 0.6 is 0 Å². The minimum Gasteiger partial charge on any atom is -0.340 e. The zero-order chi connectivity index (χ0) is 16.9. The quantitative estimate of drug-likeness (QED) is 0.577. The maximum absolute atomic E-state index is 4.70. The summed E-state index contributed by atoms with van der Waals surface area (Å²) in [5.74, 6) is 1.33. The summed E-state index contributed by atoms with van der Waals surface area (Å²) in [5, 5.41) is 3.35. The highest BCUT2D eigenvalue weighted by Gasteiger charge is 2.09. The number of hydrogen-bond acceptors (Lipinski definition) is 4. The van der Waals surface area contributed by atoms with Crippen molar-refractivity contribution in [1.29, 1.82) is 0 Å². The Morgan fingerprint density at radius 3 is 2.08 bits per heavy atom. The largest absolute Gasteiger partial charge is 0.340 e. The molecule has 0 fully saturated rings. The second-order valence-corrected chi connectivity index (χ2v) is 5.53. The number of para-hydroxylation sites is 1. The lowest BCUT2D eigenvalue weighted by Gasteiger charge is -2.10. The molecule has 4 heteroatoms. The van der Waals surface area contributed by atoms with Crippen molar-refractivity contribution >= 4 is 11.5 Å². The third-order valence-electron chi connectivity index (χ3n) is 3.74. The van der Waals surface area contributed by atoms with Crippen molar-refractivity contribution in [3.05, 3.63) is 91.1 Å². The van der Waals surface area contributed by atoms with Gasteiger partial charge in [0.2, 0.25) is 0 Å². The van der Waals surface area contributed by atoms with Gasteiger partial charge in [-0.25, -0.2) is 9.97 Å². The fraction of sp³-hybridized carbons (Fsp3) is 0. The van der Waals surface area contributed by atoms with Crippen LogP contribution in [0.1, 0.15) is 0 Å². The molecule has 0 saturated carbocycles. The van der Waals surface area contributed by atoms with Crippen LogP contribution in [0.4, 0.5) is 11.5 Å². The van der Waals surface area contributed by atoms with Gasteiger partial charge in [0.15, 0.2) is 5.82 Å². The van der Waals surface area contributed by atoms with E-state index in [9.17, 15) is 0 Å². The van der Waals surface area contributed by atoms with Crippen LogP contribution in [0.3, 0.4) is 0 Å². The summed E-state index contributed by atoms with van der Waals surface area (Å²) in [5.41, 5.74) is 3.62. The van der Waals surface area contributed by atoms with E-state index in [0.717, 1.165) is 28.5 Å². The van der Waals surface area contributed by atoms with Crippen LogP contribution in [0, 0.1) is 0 Å². The standard InChI is InChI=1S/C21H16N4/c1-3-9-16(10-4-1)19-15-20(23-17-11-5-2-6-12-17)25-21(24-19)18-13-7-8-14-22-18/h1-15H,(H,23,24,25). The molecule has 2 heterocycles. The average molecular weight is 324 g/mol. The third kappa shape index (κ3) is 3.53. The second kappa shape index (κ2) is 6.93. The Morgan fingerprint density at radius 2 is 1.36 bits per heavy atom. The van der Waals surface area contributed by atoms with E-state index < -0.39 is 0 Å². The molecular weight excluding hydrogens is 308 g/mol. The molecule has 0 radical (unpaired) electrons. The van der Waals surface area contributed by atoms with Gasteiger partial charge in [-0.2, -0.15) is 0 Å². The summed E-state index contributed by atoms with van der Waals surface area (Å²) in [6, 6.07) is 27.7. The van der Waals surface area contributed by atoms with Crippen LogP contribution in [0.5, 0.6) is 0 Å². The fourth-order valence-electron chi connectivity index (χ4n) is 2.55. The van der Waals surface area contributed by atoms with Crippen molar-refractivity contribution in [3.8, 4) is 22.8 Å². The summed E-state index contributed by atoms with van der Waals surface area (Å²) in [6.45, 7) is 0. The molecule has 120 valence electrons. The predicted octanol–water partition coefficient (Wildman–Crippen LogP) is 4.95. The summed E-state index contributed by atoms with van der Waals surface area (Å²) in [6.07, 6.45) is 1.75. The van der Waals surface area contributed by atoms with Crippen LogP contribution in [-0.4, -0.2) is 15.0 Å². The molecule has 0 aliphatic carbocycles. The van der Waals surface area contributed by atoms with E-state index >= 15 is 0 Å². The van der Waals surface area contributed by atoms with Gasteiger partial charge < -0.3 is 5.32 Å². The highest BCUT2D eigenvalue weighted by Crippen LogP contribution is 2.25. The highest BCUT2D eigenvalue weighted by atomic mass is 15.0. The highest BCUT2D eigenvalue weighted by molar-refractivity contribution is 5.68. The monoisotopic (exact) mass is 324 g/mol. The first-order valence-corrected chi connectivity index (χ1v) is 8.06. The molecule has 0 saturated heterocycles. The van der Waals surface area contributed by atoms with Gasteiger partial charge in [-0.3, -0.25) is 4.98 Å². The molecule has 1 N–H and O–H groups in total. The molecule has 4 rings (SSSR count). The van der Waals surface area contributed by atoms with Crippen molar-refractivity contribution < 1.29 is 0 Å². The van der Waals surface area contributed by atoms with Gasteiger partial charge in [-0.15, -0.1) is 0 Å². The zero-order valence-corrected chi connectivity index (χ0v) is 13.5. The Labute approximate surface area is 146 Å². The van der Waals surface area contributed by atoms with Crippen LogP contribution in [-0.2, 0) is 0 Å². The molecule has 0 spiro atoms. The lowest BCUT2D eigenvalue weighted by molar-refractivity contribution is 1.14. The van der Waals surface area contributed by atoms with Gasteiger partial charge in [0.25, 0.3) is 0 Å². The van der Waals surface area contributed by atoms with Crippen molar-refractivity contribution in [3.63, 3.8) is 0 Å². The van der Waals surface area contributed by atoms with E-state index in [1.165, 1.54) is 0 Å². The summed E-state index contributed by atoms with van der Waals surface area (Å²) >= 11 is 0. The number of nitrogens with zero attached hydrogens (tertiary/aromatic N) is 3. The first-order chi connectivity index (χ1) is 12.4. The summed E-state index contributed by atoms with van der Waals surface area (Å²) in [4.78, 5) is 13.7. The number of rotatable bonds is 4. The summed E-state index contributed by atoms with van der Waals surface area (Å²) < 4.78 is 0. The van der Waals surface area contributed by atoms with Crippen molar-refractivity contribution in [2.24, 2.45) is 0 Å².